The Hall–Kier alpha value is -1.69. The highest BCUT2D eigenvalue weighted by atomic mass is 16.5. The summed E-state index contributed by atoms with van der Waals surface area (Å²) < 4.78 is 5.71. The molecule has 0 aromatic carbocycles. The fourth-order valence-corrected chi connectivity index (χ4v) is 2.49. The molecular weight excluding hydrogens is 256 g/mol. The van der Waals surface area contributed by atoms with Crippen LogP contribution in [0.1, 0.15) is 18.3 Å². The van der Waals surface area contributed by atoms with E-state index in [0.717, 1.165) is 11.4 Å². The lowest BCUT2D eigenvalue weighted by Crippen LogP contribution is -2.58. The van der Waals surface area contributed by atoms with E-state index >= 15 is 0 Å². The van der Waals surface area contributed by atoms with Gasteiger partial charge in [-0.2, -0.15) is 0 Å². The van der Waals surface area contributed by atoms with E-state index in [9.17, 15) is 4.79 Å². The second-order valence-corrected chi connectivity index (χ2v) is 5.65. The summed E-state index contributed by atoms with van der Waals surface area (Å²) in [4.78, 5) is 24.8. The summed E-state index contributed by atoms with van der Waals surface area (Å²) >= 11 is 0. The quantitative estimate of drug-likeness (QED) is 0.800. The molecule has 1 amide bonds. The zero-order chi connectivity index (χ0) is 14.9. The SMILES string of the molecule is Cc1cc(C)nc(N2CCO[C@](C)(C(=O)N(C)C)C2)n1. The highest BCUT2D eigenvalue weighted by molar-refractivity contribution is 5.85. The molecule has 2 rings (SSSR count). The minimum Gasteiger partial charge on any atom is -0.362 e. The zero-order valence-corrected chi connectivity index (χ0v) is 12.8. The van der Waals surface area contributed by atoms with Crippen LogP contribution in [0.3, 0.4) is 0 Å². The lowest BCUT2D eigenvalue weighted by molar-refractivity contribution is -0.155. The van der Waals surface area contributed by atoms with Crippen LogP contribution in [0, 0.1) is 13.8 Å². The van der Waals surface area contributed by atoms with E-state index in [1.54, 1.807) is 19.0 Å². The van der Waals surface area contributed by atoms with Gasteiger partial charge in [0.05, 0.1) is 13.2 Å². The molecule has 1 saturated heterocycles. The summed E-state index contributed by atoms with van der Waals surface area (Å²) in [5, 5.41) is 0. The van der Waals surface area contributed by atoms with Crippen molar-refractivity contribution < 1.29 is 9.53 Å². The van der Waals surface area contributed by atoms with Crippen molar-refractivity contribution >= 4 is 11.9 Å². The Bertz CT molecular complexity index is 498. The molecule has 0 unspecified atom stereocenters. The van der Waals surface area contributed by atoms with Gasteiger partial charge in [-0.15, -0.1) is 0 Å². The van der Waals surface area contributed by atoms with E-state index in [1.165, 1.54) is 0 Å². The van der Waals surface area contributed by atoms with Crippen LogP contribution < -0.4 is 4.90 Å². The van der Waals surface area contributed by atoms with Gasteiger partial charge in [-0.1, -0.05) is 0 Å². The first kappa shape index (κ1) is 14.7. The van der Waals surface area contributed by atoms with Gasteiger partial charge in [0.15, 0.2) is 5.60 Å². The molecule has 0 saturated carbocycles. The summed E-state index contributed by atoms with van der Waals surface area (Å²) in [5.41, 5.74) is 1.02. The first-order valence-electron chi connectivity index (χ1n) is 6.75. The zero-order valence-electron chi connectivity index (χ0n) is 12.8. The predicted octanol–water partition coefficient (Wildman–Crippen LogP) is 0.777. The van der Waals surface area contributed by atoms with Gasteiger partial charge in [-0.25, -0.2) is 9.97 Å². The number of hydrogen-bond acceptors (Lipinski definition) is 5. The van der Waals surface area contributed by atoms with E-state index in [4.69, 9.17) is 4.74 Å². The van der Waals surface area contributed by atoms with Gasteiger partial charge in [0.1, 0.15) is 0 Å². The van der Waals surface area contributed by atoms with Crippen LogP contribution in [0.5, 0.6) is 0 Å². The molecule has 2 heterocycles. The van der Waals surface area contributed by atoms with Crippen LogP contribution in [0.2, 0.25) is 0 Å². The Balaban J connectivity index is 2.24. The van der Waals surface area contributed by atoms with Crippen molar-refractivity contribution in [2.24, 2.45) is 0 Å². The van der Waals surface area contributed by atoms with E-state index in [0.29, 0.717) is 25.6 Å². The number of aryl methyl sites for hydroxylation is 2. The molecule has 1 aromatic rings. The molecule has 1 aliphatic heterocycles. The third-order valence-corrected chi connectivity index (χ3v) is 3.39. The van der Waals surface area contributed by atoms with Gasteiger partial charge in [0.2, 0.25) is 5.95 Å². The molecule has 0 bridgehead atoms. The highest BCUT2D eigenvalue weighted by Crippen LogP contribution is 2.23. The molecule has 0 spiro atoms. The monoisotopic (exact) mass is 278 g/mol. The first-order valence-corrected chi connectivity index (χ1v) is 6.75. The Kier molecular flexibility index (Phi) is 3.94. The predicted molar refractivity (Wildman–Crippen MR) is 76.8 cm³/mol. The van der Waals surface area contributed by atoms with Crippen LogP contribution in [0.25, 0.3) is 0 Å². The van der Waals surface area contributed by atoms with Crippen LogP contribution in [-0.4, -0.2) is 60.2 Å². The molecule has 1 aromatic heterocycles. The Morgan fingerprint density at radius 3 is 2.50 bits per heavy atom. The van der Waals surface area contributed by atoms with Gasteiger partial charge < -0.3 is 14.5 Å². The van der Waals surface area contributed by atoms with E-state index < -0.39 is 5.60 Å². The molecule has 1 fully saturated rings. The van der Waals surface area contributed by atoms with Crippen molar-refractivity contribution in [3.8, 4) is 0 Å². The van der Waals surface area contributed by atoms with Gasteiger partial charge >= 0.3 is 0 Å². The molecule has 1 atom stereocenters. The van der Waals surface area contributed by atoms with Gasteiger partial charge in [-0.05, 0) is 26.8 Å². The molecule has 110 valence electrons. The number of morpholine rings is 1. The Morgan fingerprint density at radius 2 is 1.95 bits per heavy atom. The lowest BCUT2D eigenvalue weighted by Gasteiger charge is -2.40. The molecular formula is C14H22N4O2. The van der Waals surface area contributed by atoms with E-state index in [1.807, 2.05) is 31.7 Å². The lowest BCUT2D eigenvalue weighted by atomic mass is 10.0. The van der Waals surface area contributed by atoms with Crippen molar-refractivity contribution in [1.29, 1.82) is 0 Å². The highest BCUT2D eigenvalue weighted by Gasteiger charge is 2.41. The summed E-state index contributed by atoms with van der Waals surface area (Å²) in [6.07, 6.45) is 0. The fraction of sp³-hybridized carbons (Fsp3) is 0.643. The Labute approximate surface area is 119 Å². The number of carbonyl (C=O) groups is 1. The third-order valence-electron chi connectivity index (χ3n) is 3.39. The second kappa shape index (κ2) is 5.36. The van der Waals surface area contributed by atoms with E-state index in [-0.39, 0.29) is 5.91 Å². The summed E-state index contributed by atoms with van der Waals surface area (Å²) in [6.45, 7) is 7.37. The van der Waals surface area contributed by atoms with Crippen LogP contribution in [-0.2, 0) is 9.53 Å². The summed E-state index contributed by atoms with van der Waals surface area (Å²) in [7, 11) is 3.48. The topological polar surface area (TPSA) is 58.6 Å². The standard InChI is InChI=1S/C14H22N4O2/c1-10-8-11(2)16-13(15-10)18-6-7-20-14(3,9-18)12(19)17(4)5/h8H,6-7,9H2,1-5H3/t14-/m0/s1. The van der Waals surface area contributed by atoms with Gasteiger partial charge in [0.25, 0.3) is 5.91 Å². The van der Waals surface area contributed by atoms with Crippen molar-refractivity contribution in [2.45, 2.75) is 26.4 Å². The second-order valence-electron chi connectivity index (χ2n) is 5.65. The van der Waals surface area contributed by atoms with Crippen LogP contribution in [0.4, 0.5) is 5.95 Å². The van der Waals surface area contributed by atoms with Crippen molar-refractivity contribution in [3.63, 3.8) is 0 Å². The number of amides is 1. The van der Waals surface area contributed by atoms with Crippen molar-refractivity contribution in [3.05, 3.63) is 17.5 Å². The first-order chi connectivity index (χ1) is 9.32. The maximum Gasteiger partial charge on any atom is 0.255 e. The van der Waals surface area contributed by atoms with Gasteiger partial charge in [0, 0.05) is 32.0 Å². The van der Waals surface area contributed by atoms with Gasteiger partial charge in [-0.3, -0.25) is 4.79 Å². The minimum atomic E-state index is -0.844. The average molecular weight is 278 g/mol. The van der Waals surface area contributed by atoms with Crippen LogP contribution in [0.15, 0.2) is 6.07 Å². The molecule has 0 aliphatic carbocycles. The number of likely N-dealkylation sites (N-methyl/N-ethyl adjacent to an activating group) is 1. The molecule has 6 nitrogen and oxygen atoms in total. The molecule has 1 aliphatic rings. The number of hydrogen-bond donors (Lipinski definition) is 0. The smallest absolute Gasteiger partial charge is 0.255 e. The molecule has 20 heavy (non-hydrogen) atoms. The van der Waals surface area contributed by atoms with Crippen molar-refractivity contribution in [2.75, 3.05) is 38.7 Å². The van der Waals surface area contributed by atoms with Crippen molar-refractivity contribution in [1.82, 2.24) is 14.9 Å². The van der Waals surface area contributed by atoms with Crippen LogP contribution >= 0.6 is 0 Å². The molecule has 0 radical (unpaired) electrons. The Morgan fingerprint density at radius 1 is 1.35 bits per heavy atom. The number of anilines is 1. The third kappa shape index (κ3) is 2.90. The molecule has 0 N–H and O–H groups in total. The summed E-state index contributed by atoms with van der Waals surface area (Å²) in [6, 6.07) is 1.94. The number of rotatable bonds is 2. The maximum atomic E-state index is 12.3. The van der Waals surface area contributed by atoms with E-state index in [2.05, 4.69) is 9.97 Å². The summed E-state index contributed by atoms with van der Waals surface area (Å²) in [5.74, 6) is 0.634. The number of nitrogens with zero attached hydrogens (tertiary/aromatic N) is 4. The normalized spacial score (nSPS) is 22.8. The number of aromatic nitrogens is 2. The largest absolute Gasteiger partial charge is 0.362 e. The minimum absolute atomic E-state index is 0.0356. The fourth-order valence-electron chi connectivity index (χ4n) is 2.49. The molecule has 6 heteroatoms. The number of ether oxygens (including phenoxy) is 1. The number of carbonyl (C=O) groups excluding carboxylic acids is 1. The average Bonchev–Trinajstić information content (AvgIpc) is 2.36. The maximum absolute atomic E-state index is 12.3.